The molecule has 88 valence electrons. The summed E-state index contributed by atoms with van der Waals surface area (Å²) in [7, 11) is 0. The van der Waals surface area contributed by atoms with Gasteiger partial charge in [0.1, 0.15) is 5.82 Å². The van der Waals surface area contributed by atoms with Crippen LogP contribution >= 0.6 is 0 Å². The molecular weight excluding hydrogens is 198 g/mol. The second-order valence-corrected chi connectivity index (χ2v) is 5.54. The van der Waals surface area contributed by atoms with E-state index < -0.39 is 0 Å². The van der Waals surface area contributed by atoms with Crippen LogP contribution < -0.4 is 10.6 Å². The van der Waals surface area contributed by atoms with E-state index in [0.29, 0.717) is 5.41 Å². The molecule has 1 aliphatic heterocycles. The number of anilines is 1. The molecule has 0 amide bonds. The van der Waals surface area contributed by atoms with Crippen LogP contribution in [0.3, 0.4) is 0 Å². The Morgan fingerprint density at radius 3 is 2.81 bits per heavy atom. The number of nitrogens with two attached hydrogens (primary N) is 1. The summed E-state index contributed by atoms with van der Waals surface area (Å²) >= 11 is 0. The van der Waals surface area contributed by atoms with Gasteiger partial charge in [-0.2, -0.15) is 0 Å². The van der Waals surface area contributed by atoms with Gasteiger partial charge in [-0.1, -0.05) is 19.9 Å². The van der Waals surface area contributed by atoms with Gasteiger partial charge in [0.2, 0.25) is 0 Å². The third kappa shape index (κ3) is 2.19. The Hall–Kier alpha value is -1.09. The van der Waals surface area contributed by atoms with E-state index in [1.165, 1.54) is 6.42 Å². The van der Waals surface area contributed by atoms with Gasteiger partial charge in [-0.3, -0.25) is 0 Å². The van der Waals surface area contributed by atoms with Crippen molar-refractivity contribution in [3.05, 3.63) is 23.9 Å². The van der Waals surface area contributed by atoms with Crippen LogP contribution in [0.15, 0.2) is 18.3 Å². The van der Waals surface area contributed by atoms with E-state index in [9.17, 15) is 0 Å². The van der Waals surface area contributed by atoms with E-state index in [2.05, 4.69) is 29.8 Å². The summed E-state index contributed by atoms with van der Waals surface area (Å²) in [6.45, 7) is 8.79. The van der Waals surface area contributed by atoms with E-state index in [4.69, 9.17) is 5.73 Å². The van der Waals surface area contributed by atoms with Gasteiger partial charge in [0.25, 0.3) is 0 Å². The summed E-state index contributed by atoms with van der Waals surface area (Å²) in [5.41, 5.74) is 7.53. The molecule has 1 fully saturated rings. The molecule has 0 bridgehead atoms. The first-order valence-corrected chi connectivity index (χ1v) is 5.95. The van der Waals surface area contributed by atoms with Gasteiger partial charge in [0.05, 0.1) is 0 Å². The Balaban J connectivity index is 2.28. The molecule has 0 aliphatic carbocycles. The average Bonchev–Trinajstić information content (AvgIpc) is 2.59. The molecule has 0 radical (unpaired) electrons. The maximum atomic E-state index is 5.98. The molecule has 1 atom stereocenters. The van der Waals surface area contributed by atoms with Crippen LogP contribution in [0.5, 0.6) is 0 Å². The highest BCUT2D eigenvalue weighted by Gasteiger charge is 2.31. The van der Waals surface area contributed by atoms with Crippen LogP contribution in [-0.2, 0) is 0 Å². The normalized spacial score (nSPS) is 21.1. The summed E-state index contributed by atoms with van der Waals surface area (Å²) in [6.07, 6.45) is 3.08. The average molecular weight is 219 g/mol. The first-order chi connectivity index (χ1) is 7.49. The van der Waals surface area contributed by atoms with Crippen molar-refractivity contribution in [3.8, 4) is 0 Å². The zero-order valence-electron chi connectivity index (χ0n) is 10.4. The van der Waals surface area contributed by atoms with Crippen molar-refractivity contribution >= 4 is 5.82 Å². The molecule has 2 heterocycles. The fraction of sp³-hybridized carbons (Fsp3) is 0.615. The van der Waals surface area contributed by atoms with Gasteiger partial charge >= 0.3 is 0 Å². The van der Waals surface area contributed by atoms with Crippen LogP contribution in [0.1, 0.15) is 38.8 Å². The number of pyridine rings is 1. The molecule has 3 nitrogen and oxygen atoms in total. The minimum absolute atomic E-state index is 0.0485. The Morgan fingerprint density at radius 2 is 2.25 bits per heavy atom. The summed E-state index contributed by atoms with van der Waals surface area (Å²) in [5.74, 6) is 1.07. The topological polar surface area (TPSA) is 42.1 Å². The van der Waals surface area contributed by atoms with Crippen molar-refractivity contribution in [1.82, 2.24) is 4.98 Å². The molecule has 2 rings (SSSR count). The molecule has 1 aromatic heterocycles. The van der Waals surface area contributed by atoms with Crippen LogP contribution in [0.4, 0.5) is 5.82 Å². The van der Waals surface area contributed by atoms with Crippen LogP contribution in [0.25, 0.3) is 0 Å². The van der Waals surface area contributed by atoms with E-state index in [1.807, 2.05) is 19.2 Å². The Bertz CT molecular complexity index is 371. The quantitative estimate of drug-likeness (QED) is 0.830. The lowest BCUT2D eigenvalue weighted by Gasteiger charge is -2.23. The highest BCUT2D eigenvalue weighted by atomic mass is 15.2. The number of hydrogen-bond donors (Lipinski definition) is 1. The number of hydrogen-bond acceptors (Lipinski definition) is 3. The molecule has 1 aromatic rings. The lowest BCUT2D eigenvalue weighted by Crippen LogP contribution is -2.25. The molecule has 0 aromatic carbocycles. The predicted molar refractivity (Wildman–Crippen MR) is 67.5 cm³/mol. The summed E-state index contributed by atoms with van der Waals surface area (Å²) in [4.78, 5) is 6.85. The van der Waals surface area contributed by atoms with Gasteiger partial charge in [0.15, 0.2) is 0 Å². The zero-order chi connectivity index (χ0) is 11.8. The molecule has 1 aliphatic rings. The maximum Gasteiger partial charge on any atom is 0.133 e. The highest BCUT2D eigenvalue weighted by molar-refractivity contribution is 5.49. The Morgan fingerprint density at radius 1 is 1.50 bits per heavy atom. The SMILES string of the molecule is C[C@@H](N)c1cccnc1N1CCC(C)(C)C1. The van der Waals surface area contributed by atoms with Crippen LogP contribution in [-0.4, -0.2) is 18.1 Å². The van der Waals surface area contributed by atoms with Gasteiger partial charge in [-0.05, 0) is 24.8 Å². The number of nitrogens with zero attached hydrogens (tertiary/aromatic N) is 2. The summed E-state index contributed by atoms with van der Waals surface area (Å²) in [6, 6.07) is 4.09. The standard InChI is InChI=1S/C13H21N3/c1-10(14)11-5-4-7-15-12(11)16-8-6-13(2,3)9-16/h4-5,7,10H,6,8-9,14H2,1-3H3/t10-/m1/s1. The molecule has 0 spiro atoms. The minimum atomic E-state index is 0.0485. The minimum Gasteiger partial charge on any atom is -0.356 e. The lowest BCUT2D eigenvalue weighted by molar-refractivity contribution is 0.418. The summed E-state index contributed by atoms with van der Waals surface area (Å²) in [5, 5.41) is 0. The molecule has 2 N–H and O–H groups in total. The van der Waals surface area contributed by atoms with E-state index in [0.717, 1.165) is 24.5 Å². The highest BCUT2D eigenvalue weighted by Crippen LogP contribution is 2.33. The predicted octanol–water partition coefficient (Wildman–Crippen LogP) is 2.34. The van der Waals surface area contributed by atoms with E-state index >= 15 is 0 Å². The van der Waals surface area contributed by atoms with Gasteiger partial charge in [-0.25, -0.2) is 4.98 Å². The zero-order valence-corrected chi connectivity index (χ0v) is 10.4. The van der Waals surface area contributed by atoms with Crippen molar-refractivity contribution in [2.45, 2.75) is 33.2 Å². The van der Waals surface area contributed by atoms with Crippen molar-refractivity contribution < 1.29 is 0 Å². The van der Waals surface area contributed by atoms with Gasteiger partial charge in [0, 0.05) is 30.9 Å². The van der Waals surface area contributed by atoms with Crippen molar-refractivity contribution in [3.63, 3.8) is 0 Å². The number of rotatable bonds is 2. The van der Waals surface area contributed by atoms with Gasteiger partial charge in [-0.15, -0.1) is 0 Å². The Labute approximate surface area is 97.7 Å². The second-order valence-electron chi connectivity index (χ2n) is 5.54. The van der Waals surface area contributed by atoms with Crippen molar-refractivity contribution in [2.75, 3.05) is 18.0 Å². The third-order valence-electron chi connectivity index (χ3n) is 3.28. The molecule has 1 saturated heterocycles. The van der Waals surface area contributed by atoms with E-state index in [1.54, 1.807) is 0 Å². The largest absolute Gasteiger partial charge is 0.356 e. The molecule has 0 saturated carbocycles. The molecule has 3 heteroatoms. The van der Waals surface area contributed by atoms with Crippen molar-refractivity contribution in [1.29, 1.82) is 0 Å². The van der Waals surface area contributed by atoms with Crippen LogP contribution in [0, 0.1) is 5.41 Å². The third-order valence-corrected chi connectivity index (χ3v) is 3.28. The first kappa shape index (κ1) is 11.4. The van der Waals surface area contributed by atoms with E-state index in [-0.39, 0.29) is 6.04 Å². The lowest BCUT2D eigenvalue weighted by atomic mass is 9.93. The van der Waals surface area contributed by atoms with Gasteiger partial charge < -0.3 is 10.6 Å². The molecule has 0 unspecified atom stereocenters. The second kappa shape index (κ2) is 4.06. The first-order valence-electron chi connectivity index (χ1n) is 5.95. The Kier molecular flexibility index (Phi) is 2.89. The smallest absolute Gasteiger partial charge is 0.133 e. The maximum absolute atomic E-state index is 5.98. The molecular formula is C13H21N3. The molecule has 16 heavy (non-hydrogen) atoms. The monoisotopic (exact) mass is 219 g/mol. The fourth-order valence-electron chi connectivity index (χ4n) is 2.32. The summed E-state index contributed by atoms with van der Waals surface area (Å²) < 4.78 is 0. The van der Waals surface area contributed by atoms with Crippen LogP contribution in [0.2, 0.25) is 0 Å². The fourth-order valence-corrected chi connectivity index (χ4v) is 2.32. The number of aromatic nitrogens is 1. The van der Waals surface area contributed by atoms with Crippen molar-refractivity contribution in [2.24, 2.45) is 11.1 Å².